The van der Waals surface area contributed by atoms with Crippen molar-refractivity contribution in [2.75, 3.05) is 19.8 Å². The van der Waals surface area contributed by atoms with Gasteiger partial charge in [0.05, 0.1) is 25.7 Å². The molecule has 1 aromatic rings. The number of rotatable bonds is 12. The number of hydrogen-bond acceptors (Lipinski definition) is 18. The van der Waals surface area contributed by atoms with Gasteiger partial charge in [-0.2, -0.15) is 0 Å². The second-order valence-electron chi connectivity index (χ2n) is 13.4. The monoisotopic (exact) mass is 777 g/mol. The van der Waals surface area contributed by atoms with Crippen molar-refractivity contribution in [1.29, 1.82) is 0 Å². The Morgan fingerprint density at radius 2 is 1.46 bits per heavy atom. The van der Waals surface area contributed by atoms with E-state index in [0.29, 0.717) is 0 Å². The molecular weight excluding hydrogens is 727 g/mol. The molecule has 1 aliphatic carbocycles. The molecule has 0 amide bonds. The van der Waals surface area contributed by atoms with E-state index in [-0.39, 0.29) is 19.4 Å². The van der Waals surface area contributed by atoms with Crippen LogP contribution in [0.15, 0.2) is 21.9 Å². The van der Waals surface area contributed by atoms with Gasteiger partial charge in [-0.25, -0.2) is 4.79 Å². The lowest BCUT2D eigenvalue weighted by molar-refractivity contribution is -0.525. The minimum absolute atomic E-state index is 0.135. The van der Waals surface area contributed by atoms with Crippen LogP contribution in [0.1, 0.15) is 19.1 Å². The molecule has 0 aromatic carbocycles. The molecule has 4 fully saturated rings. The Balaban J connectivity index is 1.19. The van der Waals surface area contributed by atoms with Crippen LogP contribution in [-0.4, -0.2) is 169 Å². The summed E-state index contributed by atoms with van der Waals surface area (Å²) in [7, 11) is -5.31. The molecule has 4 heterocycles. The van der Waals surface area contributed by atoms with Crippen molar-refractivity contribution in [3.05, 3.63) is 33.1 Å². The quantitative estimate of drug-likeness (QED) is 0.0877. The van der Waals surface area contributed by atoms with Gasteiger partial charge in [0.15, 0.2) is 18.7 Å². The largest absolute Gasteiger partial charge is 0.756 e. The van der Waals surface area contributed by atoms with E-state index < -0.39 is 142 Å². The van der Waals surface area contributed by atoms with Crippen molar-refractivity contribution >= 4 is 7.82 Å². The number of phosphoric ester groups is 1. The third kappa shape index (κ3) is 8.82. The van der Waals surface area contributed by atoms with Gasteiger partial charge in [0.1, 0.15) is 91.9 Å². The van der Waals surface area contributed by atoms with E-state index in [2.05, 4.69) is 22.9 Å². The van der Waals surface area contributed by atoms with Crippen LogP contribution in [0.4, 0.5) is 0 Å². The molecule has 3 saturated heterocycles. The van der Waals surface area contributed by atoms with Crippen molar-refractivity contribution in [2.45, 2.75) is 123 Å². The molecule has 19 atom stereocenters. The van der Waals surface area contributed by atoms with Crippen LogP contribution in [0.3, 0.4) is 0 Å². The minimum Gasteiger partial charge on any atom is -0.756 e. The number of quaternary nitrogens is 4. The fraction of sp³-hybridized carbons (Fsp3) is 0.852. The highest BCUT2D eigenvalue weighted by Gasteiger charge is 2.55. The Morgan fingerprint density at radius 1 is 0.846 bits per heavy atom. The number of ether oxygens (including phenoxy) is 5. The van der Waals surface area contributed by atoms with Gasteiger partial charge in [0, 0.05) is 18.7 Å². The maximum absolute atomic E-state index is 12.9. The molecule has 4 aliphatic rings. The first-order chi connectivity index (χ1) is 24.5. The fourth-order valence-corrected chi connectivity index (χ4v) is 7.73. The number of nitrogens with one attached hydrogen (secondary N) is 1. The molecule has 0 bridgehead atoms. The zero-order chi connectivity index (χ0) is 38.2. The molecule has 298 valence electrons. The third-order valence-electron chi connectivity index (χ3n) is 9.75. The molecule has 5 rings (SSSR count). The van der Waals surface area contributed by atoms with Crippen molar-refractivity contribution in [3.8, 4) is 0 Å². The van der Waals surface area contributed by atoms with Gasteiger partial charge in [-0.3, -0.25) is 18.9 Å². The molecule has 0 spiro atoms. The van der Waals surface area contributed by atoms with E-state index in [1.54, 1.807) is 0 Å². The lowest BCUT2D eigenvalue weighted by Gasteiger charge is -2.46. The first-order valence-corrected chi connectivity index (χ1v) is 18.1. The molecule has 1 saturated carbocycles. The maximum atomic E-state index is 12.9. The average molecular weight is 778 g/mol. The highest BCUT2D eigenvalue weighted by atomic mass is 31.2. The summed E-state index contributed by atoms with van der Waals surface area (Å²) < 4.78 is 52.5. The molecule has 1 unspecified atom stereocenters. The Hall–Kier alpha value is -1.85. The zero-order valence-corrected chi connectivity index (χ0v) is 28.8. The zero-order valence-electron chi connectivity index (χ0n) is 27.9. The van der Waals surface area contributed by atoms with E-state index in [1.807, 2.05) is 4.98 Å². The second-order valence-corrected chi connectivity index (χ2v) is 14.8. The van der Waals surface area contributed by atoms with Gasteiger partial charge >= 0.3 is 5.69 Å². The predicted molar refractivity (Wildman–Crippen MR) is 161 cm³/mol. The molecule has 25 heteroatoms. The minimum atomic E-state index is -5.31. The summed E-state index contributed by atoms with van der Waals surface area (Å²) in [4.78, 5) is 38.4. The van der Waals surface area contributed by atoms with Crippen molar-refractivity contribution in [1.82, 2.24) is 9.55 Å². The van der Waals surface area contributed by atoms with E-state index in [0.717, 1.165) is 16.8 Å². The summed E-state index contributed by atoms with van der Waals surface area (Å²) in [6.07, 6.45) is -20.1. The van der Waals surface area contributed by atoms with Gasteiger partial charge in [-0.1, -0.05) is 0 Å². The lowest BCUT2D eigenvalue weighted by atomic mass is 9.84. The molecule has 0 radical (unpaired) electrons. The number of hydrogen-bond donors (Lipinski definition) is 12. The number of nitrogens with zero attached hydrogens (tertiary/aromatic N) is 1. The lowest BCUT2D eigenvalue weighted by Crippen LogP contribution is -2.83. The molecule has 3 aliphatic heterocycles. The van der Waals surface area contributed by atoms with Gasteiger partial charge in [0.2, 0.25) is 0 Å². The van der Waals surface area contributed by atoms with Crippen LogP contribution in [0.5, 0.6) is 0 Å². The van der Waals surface area contributed by atoms with Crippen molar-refractivity contribution in [3.63, 3.8) is 0 Å². The standard InChI is InChI=1S/C27H47N6O18P/c28-5-11-24(51-52(43,44)45-7-13-10(35)4-15(46-13)33-2-1-14(36)32-27(33)42)19(39)20(40)26(47-11)50-23-9(30)3-8(29)22(21(23)41)49-25-18(38)16(31)17(37)12(6-34)48-25/h1-2,8-13,15-26,34-35,37-41H,3-7,28-31H2,(H,43,44)(H,32,36,42)/p+3/t8-,9+,10+,11-,12-,13-,15-,16+,17-,18-,19-,20-,21-,22+,23-,24-,25-,26-/m1/s1. The van der Waals surface area contributed by atoms with E-state index in [4.69, 9.17) is 32.7 Å². The Morgan fingerprint density at radius 3 is 2.06 bits per heavy atom. The highest BCUT2D eigenvalue weighted by Crippen LogP contribution is 2.44. The molecule has 24 nitrogen and oxygen atoms in total. The van der Waals surface area contributed by atoms with Crippen LogP contribution < -0.4 is 39.1 Å². The topological polar surface area (TPSA) is 412 Å². The van der Waals surface area contributed by atoms with Crippen LogP contribution in [0.25, 0.3) is 0 Å². The average Bonchev–Trinajstić information content (AvgIpc) is 3.46. The molecule has 20 N–H and O–H groups in total. The van der Waals surface area contributed by atoms with Gasteiger partial charge in [-0.05, 0) is 0 Å². The number of H-pyrrole nitrogens is 1. The molecule has 52 heavy (non-hydrogen) atoms. The van der Waals surface area contributed by atoms with Crippen LogP contribution >= 0.6 is 7.82 Å². The first-order valence-electron chi connectivity index (χ1n) is 16.7. The number of phosphoric acid groups is 1. The number of aromatic nitrogens is 2. The Kier molecular flexibility index (Phi) is 13.4. The van der Waals surface area contributed by atoms with Crippen molar-refractivity contribution in [2.24, 2.45) is 0 Å². The van der Waals surface area contributed by atoms with Crippen LogP contribution in [0, 0.1) is 0 Å². The van der Waals surface area contributed by atoms with Crippen LogP contribution in [0.2, 0.25) is 0 Å². The van der Waals surface area contributed by atoms with Gasteiger partial charge in [-0.15, -0.1) is 0 Å². The fourth-order valence-electron chi connectivity index (χ4n) is 6.79. The number of aliphatic hydroxyl groups is 7. The second kappa shape index (κ2) is 16.9. The Labute approximate surface area is 294 Å². The SMILES string of the molecule is [NH3+]C[C@H]1O[C@H](O[C@H]2[C@H](O)[C@@H](O[C@H]3O[C@H](CO)[C@@H](O)[C@H]([NH3+])[C@H]3O)[C@H]([NH3+])C[C@@H]2[NH3+])[C@H](O)[C@@H](O)[C@@H]1OP(=O)([O-])OC[C@H]1O[C@@H](n2ccc(=O)[nH]c2=O)C[C@@H]1O. The van der Waals surface area contributed by atoms with Gasteiger partial charge < -0.3 is 96.3 Å². The summed E-state index contributed by atoms with van der Waals surface area (Å²) in [5.74, 6) is 0. The smallest absolute Gasteiger partial charge is 0.330 e. The summed E-state index contributed by atoms with van der Waals surface area (Å²) in [6, 6.07) is -1.23. The number of aliphatic hydroxyl groups excluding tert-OH is 7. The van der Waals surface area contributed by atoms with Crippen molar-refractivity contribution < 1.29 is 101 Å². The predicted octanol–water partition coefficient (Wildman–Crippen LogP) is -11.5. The van der Waals surface area contributed by atoms with E-state index in [9.17, 15) is 54.8 Å². The highest BCUT2D eigenvalue weighted by molar-refractivity contribution is 7.45. The summed E-state index contributed by atoms with van der Waals surface area (Å²) >= 11 is 0. The summed E-state index contributed by atoms with van der Waals surface area (Å²) in [5.41, 5.74) is 13.9. The normalized spacial score (nSPS) is 45.5. The van der Waals surface area contributed by atoms with E-state index >= 15 is 0 Å². The summed E-state index contributed by atoms with van der Waals surface area (Å²) in [5, 5.41) is 74.1. The van der Waals surface area contributed by atoms with E-state index in [1.165, 1.54) is 0 Å². The van der Waals surface area contributed by atoms with Crippen LogP contribution in [-0.2, 0) is 37.3 Å². The van der Waals surface area contributed by atoms with Gasteiger partial charge in [0.25, 0.3) is 13.4 Å². The first kappa shape index (κ1) is 41.3. The maximum Gasteiger partial charge on any atom is 0.330 e. The Bertz CT molecular complexity index is 1510. The molecular formula is C27H50N6O18P+3. The summed E-state index contributed by atoms with van der Waals surface area (Å²) in [6.45, 7) is -1.56. The molecule has 1 aromatic heterocycles. The third-order valence-corrected chi connectivity index (χ3v) is 10.7. The number of aromatic amines is 1.